The van der Waals surface area contributed by atoms with E-state index in [0.29, 0.717) is 19.0 Å². The molecule has 0 aromatic heterocycles. The lowest BCUT2D eigenvalue weighted by molar-refractivity contribution is -0.131. The number of rotatable bonds is 6. The summed E-state index contributed by atoms with van der Waals surface area (Å²) >= 11 is 0. The Balaban J connectivity index is 0.00000320. The fourth-order valence-corrected chi connectivity index (χ4v) is 3.82. The van der Waals surface area contributed by atoms with Crippen LogP contribution in [0.15, 0.2) is 29.3 Å². The van der Waals surface area contributed by atoms with Crippen molar-refractivity contribution in [3.05, 3.63) is 35.6 Å². The van der Waals surface area contributed by atoms with Gasteiger partial charge < -0.3 is 20.2 Å². The molecule has 1 atom stereocenters. The third-order valence-electron chi connectivity index (χ3n) is 5.50. The van der Waals surface area contributed by atoms with Gasteiger partial charge in [0.05, 0.1) is 13.1 Å². The van der Waals surface area contributed by atoms with E-state index < -0.39 is 11.9 Å². The zero-order valence-electron chi connectivity index (χ0n) is 17.6. The third-order valence-corrected chi connectivity index (χ3v) is 5.50. The highest BCUT2D eigenvalue weighted by molar-refractivity contribution is 14.0. The molecular formula is C21H33FIN5O2. The molecule has 30 heavy (non-hydrogen) atoms. The van der Waals surface area contributed by atoms with Gasteiger partial charge in [0, 0.05) is 51.4 Å². The maximum atomic E-state index is 13.9. The molecule has 0 aliphatic carbocycles. The van der Waals surface area contributed by atoms with Crippen LogP contribution in [0.3, 0.4) is 0 Å². The van der Waals surface area contributed by atoms with E-state index >= 15 is 0 Å². The SMILES string of the molecule is CCNC(=NCC(O)c1ccccc1F)N1CCN(CC(=O)N2CCCC2)CC1.I. The minimum absolute atomic E-state index is 0. The fraction of sp³-hybridized carbons (Fsp3) is 0.619. The first-order valence-corrected chi connectivity index (χ1v) is 10.5. The molecule has 2 fully saturated rings. The number of aliphatic hydroxyl groups is 1. The molecule has 2 saturated heterocycles. The molecule has 0 saturated carbocycles. The van der Waals surface area contributed by atoms with Gasteiger partial charge in [0.15, 0.2) is 5.96 Å². The maximum absolute atomic E-state index is 13.9. The number of aliphatic imine (C=N–C) groups is 1. The molecular weight excluding hydrogens is 500 g/mol. The van der Waals surface area contributed by atoms with E-state index in [-0.39, 0.29) is 42.0 Å². The quantitative estimate of drug-likeness (QED) is 0.331. The van der Waals surface area contributed by atoms with E-state index in [1.165, 1.54) is 6.07 Å². The van der Waals surface area contributed by atoms with E-state index in [1.54, 1.807) is 18.2 Å². The zero-order valence-corrected chi connectivity index (χ0v) is 19.9. The summed E-state index contributed by atoms with van der Waals surface area (Å²) < 4.78 is 13.9. The summed E-state index contributed by atoms with van der Waals surface area (Å²) in [6, 6.07) is 6.24. The number of piperazine rings is 1. The molecule has 2 aliphatic rings. The van der Waals surface area contributed by atoms with Crippen LogP contribution in [0, 0.1) is 5.82 Å². The number of likely N-dealkylation sites (tertiary alicyclic amines) is 1. The summed E-state index contributed by atoms with van der Waals surface area (Å²) in [5.74, 6) is 0.523. The van der Waals surface area contributed by atoms with Crippen molar-refractivity contribution in [2.24, 2.45) is 4.99 Å². The van der Waals surface area contributed by atoms with Gasteiger partial charge >= 0.3 is 0 Å². The summed E-state index contributed by atoms with van der Waals surface area (Å²) in [6.07, 6.45) is 1.24. The van der Waals surface area contributed by atoms with Crippen LogP contribution < -0.4 is 5.32 Å². The maximum Gasteiger partial charge on any atom is 0.236 e. The van der Waals surface area contributed by atoms with Crippen LogP contribution in [0.25, 0.3) is 0 Å². The molecule has 3 rings (SSSR count). The van der Waals surface area contributed by atoms with E-state index in [2.05, 4.69) is 20.1 Å². The minimum Gasteiger partial charge on any atom is -0.386 e. The standard InChI is InChI=1S/C21H32FN5O2.HI/c1-2-23-21(24-15-19(28)17-7-3-4-8-18(17)22)27-13-11-25(12-14-27)16-20(29)26-9-5-6-10-26;/h3-4,7-8,19,28H,2,5-6,9-16H2,1H3,(H,23,24);1H. The van der Waals surface area contributed by atoms with Crippen LogP contribution in [0.5, 0.6) is 0 Å². The van der Waals surface area contributed by atoms with E-state index in [0.717, 1.165) is 52.1 Å². The molecule has 9 heteroatoms. The van der Waals surface area contributed by atoms with Gasteiger partial charge in [-0.15, -0.1) is 24.0 Å². The number of carbonyl (C=O) groups is 1. The lowest BCUT2D eigenvalue weighted by atomic mass is 10.1. The van der Waals surface area contributed by atoms with Gasteiger partial charge in [-0.3, -0.25) is 14.7 Å². The Kier molecular flexibility index (Phi) is 10.3. The number of amides is 1. The lowest BCUT2D eigenvalue weighted by Crippen LogP contribution is -2.54. The molecule has 168 valence electrons. The van der Waals surface area contributed by atoms with Crippen LogP contribution in [-0.2, 0) is 4.79 Å². The van der Waals surface area contributed by atoms with Crippen LogP contribution in [0.2, 0.25) is 0 Å². The molecule has 0 spiro atoms. The smallest absolute Gasteiger partial charge is 0.236 e. The van der Waals surface area contributed by atoms with Gasteiger partial charge in [0.2, 0.25) is 5.91 Å². The van der Waals surface area contributed by atoms with Gasteiger partial charge in [-0.1, -0.05) is 18.2 Å². The Hall–Kier alpha value is -1.46. The highest BCUT2D eigenvalue weighted by Gasteiger charge is 2.24. The molecule has 0 bridgehead atoms. The van der Waals surface area contributed by atoms with Crippen molar-refractivity contribution in [1.29, 1.82) is 0 Å². The Morgan fingerprint density at radius 2 is 1.80 bits per heavy atom. The van der Waals surface area contributed by atoms with E-state index in [9.17, 15) is 14.3 Å². The number of halogens is 2. The second-order valence-corrected chi connectivity index (χ2v) is 7.58. The van der Waals surface area contributed by atoms with Gasteiger partial charge in [0.1, 0.15) is 11.9 Å². The molecule has 0 radical (unpaired) electrons. The van der Waals surface area contributed by atoms with E-state index in [4.69, 9.17) is 0 Å². The predicted molar refractivity (Wildman–Crippen MR) is 127 cm³/mol. The summed E-state index contributed by atoms with van der Waals surface area (Å²) in [7, 11) is 0. The van der Waals surface area contributed by atoms with Gasteiger partial charge in [0.25, 0.3) is 0 Å². The summed E-state index contributed by atoms with van der Waals surface area (Å²) in [5, 5.41) is 13.6. The van der Waals surface area contributed by atoms with Crippen molar-refractivity contribution in [1.82, 2.24) is 20.0 Å². The second-order valence-electron chi connectivity index (χ2n) is 7.58. The normalized spacial score (nSPS) is 18.8. The Morgan fingerprint density at radius 3 is 2.43 bits per heavy atom. The van der Waals surface area contributed by atoms with Crippen molar-refractivity contribution in [2.75, 3.05) is 58.9 Å². The number of nitrogens with zero attached hydrogens (tertiary/aromatic N) is 4. The number of benzene rings is 1. The number of aliphatic hydroxyl groups excluding tert-OH is 1. The van der Waals surface area contributed by atoms with Crippen LogP contribution in [0.4, 0.5) is 4.39 Å². The van der Waals surface area contributed by atoms with E-state index in [1.807, 2.05) is 11.8 Å². The zero-order chi connectivity index (χ0) is 20.6. The topological polar surface area (TPSA) is 71.4 Å². The van der Waals surface area contributed by atoms with Crippen molar-refractivity contribution in [2.45, 2.75) is 25.9 Å². The number of hydrogen-bond acceptors (Lipinski definition) is 4. The third kappa shape index (κ3) is 6.78. The number of carbonyl (C=O) groups excluding carboxylic acids is 1. The van der Waals surface area contributed by atoms with Crippen LogP contribution in [-0.4, -0.2) is 90.6 Å². The van der Waals surface area contributed by atoms with Crippen LogP contribution >= 0.6 is 24.0 Å². The molecule has 2 heterocycles. The first kappa shape index (κ1) is 24.8. The number of hydrogen-bond donors (Lipinski definition) is 2. The van der Waals surface area contributed by atoms with Gasteiger partial charge in [-0.05, 0) is 25.8 Å². The number of guanidine groups is 1. The first-order valence-electron chi connectivity index (χ1n) is 10.5. The Bertz CT molecular complexity index is 706. The molecule has 1 aromatic rings. The predicted octanol–water partition coefficient (Wildman–Crippen LogP) is 1.68. The first-order chi connectivity index (χ1) is 14.1. The molecule has 7 nitrogen and oxygen atoms in total. The summed E-state index contributed by atoms with van der Waals surface area (Å²) in [6.45, 7) is 8.16. The molecule has 2 N–H and O–H groups in total. The van der Waals surface area contributed by atoms with Crippen molar-refractivity contribution in [3.8, 4) is 0 Å². The molecule has 1 amide bonds. The lowest BCUT2D eigenvalue weighted by Gasteiger charge is -2.36. The van der Waals surface area contributed by atoms with Crippen LogP contribution in [0.1, 0.15) is 31.4 Å². The Labute approximate surface area is 195 Å². The summed E-state index contributed by atoms with van der Waals surface area (Å²) in [5.41, 5.74) is 0.261. The van der Waals surface area contributed by atoms with Crippen molar-refractivity contribution >= 4 is 35.8 Å². The molecule has 1 unspecified atom stereocenters. The van der Waals surface area contributed by atoms with Crippen molar-refractivity contribution < 1.29 is 14.3 Å². The fourth-order valence-electron chi connectivity index (χ4n) is 3.82. The molecule has 1 aromatic carbocycles. The minimum atomic E-state index is -0.982. The average Bonchev–Trinajstić information content (AvgIpc) is 3.27. The highest BCUT2D eigenvalue weighted by Crippen LogP contribution is 2.17. The largest absolute Gasteiger partial charge is 0.386 e. The van der Waals surface area contributed by atoms with Crippen molar-refractivity contribution in [3.63, 3.8) is 0 Å². The monoisotopic (exact) mass is 533 g/mol. The Morgan fingerprint density at radius 1 is 1.13 bits per heavy atom. The molecule has 2 aliphatic heterocycles. The highest BCUT2D eigenvalue weighted by atomic mass is 127. The summed E-state index contributed by atoms with van der Waals surface area (Å²) in [4.78, 5) is 23.2. The van der Waals surface area contributed by atoms with Gasteiger partial charge in [-0.2, -0.15) is 0 Å². The van der Waals surface area contributed by atoms with Gasteiger partial charge in [-0.25, -0.2) is 4.39 Å². The number of nitrogens with one attached hydrogen (secondary N) is 1. The average molecular weight is 533 g/mol. The second kappa shape index (κ2) is 12.4.